The van der Waals surface area contributed by atoms with Crippen molar-refractivity contribution < 1.29 is 9.90 Å². The molecule has 2 amide bonds. The summed E-state index contributed by atoms with van der Waals surface area (Å²) in [6.45, 7) is 3.47. The number of anilines is 1. The first kappa shape index (κ1) is 16.2. The molecule has 1 saturated carbocycles. The predicted molar refractivity (Wildman–Crippen MR) is 98.3 cm³/mol. The summed E-state index contributed by atoms with van der Waals surface area (Å²) in [5, 5.41) is 14.0. The Morgan fingerprint density at radius 3 is 2.24 bits per heavy atom. The number of amides is 2. The number of carbonyl (C=O) groups is 1. The summed E-state index contributed by atoms with van der Waals surface area (Å²) in [6, 6.07) is 17.7. The molecule has 25 heavy (non-hydrogen) atoms. The average Bonchev–Trinajstić information content (AvgIpc) is 3.14. The van der Waals surface area contributed by atoms with Gasteiger partial charge in [-0.25, -0.2) is 4.79 Å². The van der Waals surface area contributed by atoms with Gasteiger partial charge in [-0.05, 0) is 49.3 Å². The first-order valence-corrected chi connectivity index (χ1v) is 8.94. The summed E-state index contributed by atoms with van der Waals surface area (Å²) >= 11 is 0. The zero-order chi connectivity index (χ0) is 17.4. The molecule has 1 aliphatic carbocycles. The molecular weight excluding hydrogens is 312 g/mol. The fraction of sp³-hybridized carbons (Fsp3) is 0.381. The molecule has 1 saturated heterocycles. The summed E-state index contributed by atoms with van der Waals surface area (Å²) < 4.78 is 0. The van der Waals surface area contributed by atoms with Crippen molar-refractivity contribution in [2.45, 2.75) is 25.4 Å². The highest BCUT2D eigenvalue weighted by Crippen LogP contribution is 2.48. The lowest BCUT2D eigenvalue weighted by atomic mass is 9.90. The van der Waals surface area contributed by atoms with E-state index in [1.54, 1.807) is 0 Å². The number of benzene rings is 2. The van der Waals surface area contributed by atoms with Gasteiger partial charge in [-0.1, -0.05) is 48.0 Å². The minimum Gasteiger partial charge on any atom is -0.385 e. The van der Waals surface area contributed by atoms with Crippen LogP contribution in [-0.4, -0.2) is 29.1 Å². The highest BCUT2D eigenvalue weighted by molar-refractivity contribution is 5.89. The minimum absolute atomic E-state index is 0.0403. The van der Waals surface area contributed by atoms with Crippen molar-refractivity contribution in [2.75, 3.05) is 18.4 Å². The average molecular weight is 336 g/mol. The molecule has 1 aliphatic heterocycles. The molecule has 0 spiro atoms. The van der Waals surface area contributed by atoms with Crippen molar-refractivity contribution in [3.8, 4) is 0 Å². The summed E-state index contributed by atoms with van der Waals surface area (Å²) in [4.78, 5) is 14.4. The monoisotopic (exact) mass is 336 g/mol. The van der Waals surface area contributed by atoms with Gasteiger partial charge in [0, 0.05) is 18.8 Å². The Labute approximate surface area is 148 Å². The predicted octanol–water partition coefficient (Wildman–Crippen LogP) is 3.76. The molecule has 2 fully saturated rings. The van der Waals surface area contributed by atoms with E-state index in [2.05, 4.69) is 5.32 Å². The molecule has 2 aromatic carbocycles. The largest absolute Gasteiger partial charge is 0.385 e. The maximum atomic E-state index is 12.5. The van der Waals surface area contributed by atoms with Crippen molar-refractivity contribution in [3.05, 3.63) is 65.7 Å². The molecule has 0 bridgehead atoms. The quantitative estimate of drug-likeness (QED) is 0.877. The molecule has 0 radical (unpaired) electrons. The van der Waals surface area contributed by atoms with Gasteiger partial charge in [0.05, 0.1) is 5.60 Å². The second-order valence-corrected chi connectivity index (χ2v) is 7.53. The molecular formula is C21H24N2O2. The van der Waals surface area contributed by atoms with Crippen molar-refractivity contribution in [2.24, 2.45) is 11.8 Å². The fourth-order valence-electron chi connectivity index (χ4n) is 4.34. The number of carbonyl (C=O) groups excluding carboxylic acids is 1. The van der Waals surface area contributed by atoms with Gasteiger partial charge in [-0.2, -0.15) is 0 Å². The molecule has 1 heterocycles. The van der Waals surface area contributed by atoms with Crippen LogP contribution in [0.1, 0.15) is 24.0 Å². The normalized spacial score (nSPS) is 28.0. The number of hydrogen-bond donors (Lipinski definition) is 2. The first-order valence-electron chi connectivity index (χ1n) is 8.94. The highest BCUT2D eigenvalue weighted by Gasteiger charge is 2.49. The zero-order valence-corrected chi connectivity index (χ0v) is 14.5. The van der Waals surface area contributed by atoms with Crippen molar-refractivity contribution in [1.82, 2.24) is 4.90 Å². The van der Waals surface area contributed by atoms with Crippen molar-refractivity contribution >= 4 is 11.7 Å². The van der Waals surface area contributed by atoms with Gasteiger partial charge in [0.15, 0.2) is 0 Å². The third-order valence-corrected chi connectivity index (χ3v) is 5.68. The number of aliphatic hydroxyl groups is 1. The Kier molecular flexibility index (Phi) is 4.00. The summed E-state index contributed by atoms with van der Waals surface area (Å²) in [7, 11) is 0. The summed E-state index contributed by atoms with van der Waals surface area (Å²) in [5.41, 5.74) is 2.26. The lowest BCUT2D eigenvalue weighted by Gasteiger charge is -2.26. The number of hydrogen-bond acceptors (Lipinski definition) is 2. The van der Waals surface area contributed by atoms with E-state index in [9.17, 15) is 9.90 Å². The van der Waals surface area contributed by atoms with E-state index in [1.807, 2.05) is 66.4 Å². The number of fused-ring (bicyclic) bond motifs is 1. The van der Waals surface area contributed by atoms with Crippen LogP contribution < -0.4 is 5.32 Å². The van der Waals surface area contributed by atoms with E-state index in [0.717, 1.165) is 37.2 Å². The Balaban J connectivity index is 1.39. The second kappa shape index (κ2) is 6.19. The smallest absolute Gasteiger partial charge is 0.321 e. The fourth-order valence-corrected chi connectivity index (χ4v) is 4.34. The molecule has 4 rings (SSSR count). The van der Waals surface area contributed by atoms with E-state index in [1.165, 1.54) is 5.56 Å². The van der Waals surface area contributed by atoms with Gasteiger partial charge in [0.2, 0.25) is 0 Å². The maximum Gasteiger partial charge on any atom is 0.321 e. The number of nitrogens with one attached hydrogen (secondary N) is 1. The standard InChI is InChI=1S/C21H24N2O2/c1-15-7-9-19(10-8-15)22-20(24)23-13-16-11-21(25,12-17(16)14-23)18-5-3-2-4-6-18/h2-10,16-17,25H,11-14H2,1H3,(H,22,24)/t16-,17+,21?. The zero-order valence-electron chi connectivity index (χ0n) is 14.5. The number of aryl methyl sites for hydroxylation is 1. The molecule has 2 N–H and O–H groups in total. The molecule has 0 aromatic heterocycles. The van der Waals surface area contributed by atoms with Crippen molar-refractivity contribution in [3.63, 3.8) is 0 Å². The van der Waals surface area contributed by atoms with Crippen LogP contribution >= 0.6 is 0 Å². The van der Waals surface area contributed by atoms with Crippen LogP contribution in [0.25, 0.3) is 0 Å². The van der Waals surface area contributed by atoms with Crippen molar-refractivity contribution in [1.29, 1.82) is 0 Å². The van der Waals surface area contributed by atoms with E-state index in [0.29, 0.717) is 11.8 Å². The van der Waals surface area contributed by atoms with Crippen LogP contribution in [0.15, 0.2) is 54.6 Å². The van der Waals surface area contributed by atoms with Gasteiger partial charge in [-0.15, -0.1) is 0 Å². The van der Waals surface area contributed by atoms with E-state index >= 15 is 0 Å². The maximum absolute atomic E-state index is 12.5. The lowest BCUT2D eigenvalue weighted by Crippen LogP contribution is -2.35. The Morgan fingerprint density at radius 2 is 1.64 bits per heavy atom. The van der Waals surface area contributed by atoms with Crippen LogP contribution in [0.3, 0.4) is 0 Å². The second-order valence-electron chi connectivity index (χ2n) is 7.53. The number of likely N-dealkylation sites (tertiary alicyclic amines) is 1. The summed E-state index contributed by atoms with van der Waals surface area (Å²) in [6.07, 6.45) is 1.46. The third-order valence-electron chi connectivity index (χ3n) is 5.68. The Bertz CT molecular complexity index is 743. The van der Waals surface area contributed by atoms with Gasteiger partial charge in [-0.3, -0.25) is 0 Å². The number of urea groups is 1. The van der Waals surface area contributed by atoms with Crippen LogP contribution in [0.4, 0.5) is 10.5 Å². The number of nitrogens with zero attached hydrogens (tertiary/aromatic N) is 1. The molecule has 4 heteroatoms. The van der Waals surface area contributed by atoms with Gasteiger partial charge >= 0.3 is 6.03 Å². The first-order chi connectivity index (χ1) is 12.0. The van der Waals surface area contributed by atoms with Gasteiger partial charge < -0.3 is 15.3 Å². The molecule has 3 atom stereocenters. The Morgan fingerprint density at radius 1 is 1.04 bits per heavy atom. The molecule has 1 unspecified atom stereocenters. The van der Waals surface area contributed by atoms with E-state index in [-0.39, 0.29) is 6.03 Å². The lowest BCUT2D eigenvalue weighted by molar-refractivity contribution is 0.0328. The molecule has 130 valence electrons. The molecule has 4 nitrogen and oxygen atoms in total. The van der Waals surface area contributed by atoms with Crippen LogP contribution in [0, 0.1) is 18.8 Å². The van der Waals surface area contributed by atoms with Gasteiger partial charge in [0.25, 0.3) is 0 Å². The van der Waals surface area contributed by atoms with Gasteiger partial charge in [0.1, 0.15) is 0 Å². The highest BCUT2D eigenvalue weighted by atomic mass is 16.3. The minimum atomic E-state index is -0.740. The van der Waals surface area contributed by atoms with E-state index < -0.39 is 5.60 Å². The third kappa shape index (κ3) is 3.14. The van der Waals surface area contributed by atoms with Crippen LogP contribution in [0.5, 0.6) is 0 Å². The van der Waals surface area contributed by atoms with Crippen LogP contribution in [0.2, 0.25) is 0 Å². The summed E-state index contributed by atoms with van der Waals surface area (Å²) in [5.74, 6) is 0.739. The topological polar surface area (TPSA) is 52.6 Å². The SMILES string of the molecule is Cc1ccc(NC(=O)N2C[C@@H]3CC(O)(c4ccccc4)C[C@@H]3C2)cc1. The molecule has 2 aromatic rings. The van der Waals surface area contributed by atoms with Crippen LogP contribution in [-0.2, 0) is 5.60 Å². The van der Waals surface area contributed by atoms with E-state index in [4.69, 9.17) is 0 Å². The Hall–Kier alpha value is -2.33. The molecule has 2 aliphatic rings. The number of rotatable bonds is 2.